The summed E-state index contributed by atoms with van der Waals surface area (Å²) >= 11 is 0. The van der Waals surface area contributed by atoms with Gasteiger partial charge in [0.1, 0.15) is 12.3 Å². The van der Waals surface area contributed by atoms with E-state index in [2.05, 4.69) is 5.32 Å². The molecule has 2 amide bonds. The fourth-order valence-electron chi connectivity index (χ4n) is 4.16. The van der Waals surface area contributed by atoms with Gasteiger partial charge < -0.3 is 10.1 Å². The minimum absolute atomic E-state index is 0.125. The Morgan fingerprint density at radius 1 is 0.971 bits per heavy atom. The normalized spacial score (nSPS) is 17.4. The number of aryl methyl sites for hydroxylation is 2. The van der Waals surface area contributed by atoms with Crippen molar-refractivity contribution in [3.05, 3.63) is 77.9 Å². The SMILES string of the molecule is Cc1ccc(S(=O)(=O)N2CC(C(=O)N3CC(=O)Nc4ccccc43)Oc3cc(C)ccc32)cc1. The number of carbonyl (C=O) groups is 2. The van der Waals surface area contributed by atoms with E-state index in [4.69, 9.17) is 4.74 Å². The second-order valence-corrected chi connectivity index (χ2v) is 10.3. The van der Waals surface area contributed by atoms with E-state index >= 15 is 0 Å². The van der Waals surface area contributed by atoms with Crippen LogP contribution in [-0.2, 0) is 19.6 Å². The average molecular weight is 478 g/mol. The van der Waals surface area contributed by atoms with Crippen molar-refractivity contribution in [3.8, 4) is 5.75 Å². The summed E-state index contributed by atoms with van der Waals surface area (Å²) in [5.74, 6) is -0.517. The number of rotatable bonds is 3. The molecule has 0 fully saturated rings. The molecule has 2 aliphatic heterocycles. The number of sulfonamides is 1. The monoisotopic (exact) mass is 477 g/mol. The van der Waals surface area contributed by atoms with Crippen LogP contribution in [0.1, 0.15) is 11.1 Å². The van der Waals surface area contributed by atoms with Gasteiger partial charge in [-0.25, -0.2) is 8.42 Å². The van der Waals surface area contributed by atoms with E-state index in [9.17, 15) is 18.0 Å². The summed E-state index contributed by atoms with van der Waals surface area (Å²) in [6, 6.07) is 18.7. The van der Waals surface area contributed by atoms with Crippen molar-refractivity contribution in [2.24, 2.45) is 0 Å². The number of hydrogen-bond donors (Lipinski definition) is 1. The first-order valence-corrected chi connectivity index (χ1v) is 12.2. The smallest absolute Gasteiger partial charge is 0.270 e. The van der Waals surface area contributed by atoms with Crippen LogP contribution in [0, 0.1) is 13.8 Å². The number of amides is 2. The van der Waals surface area contributed by atoms with E-state index in [1.165, 1.54) is 9.21 Å². The van der Waals surface area contributed by atoms with Crippen LogP contribution in [0.5, 0.6) is 5.75 Å². The highest BCUT2D eigenvalue weighted by Crippen LogP contribution is 2.39. The summed E-state index contributed by atoms with van der Waals surface area (Å²) < 4.78 is 34.5. The van der Waals surface area contributed by atoms with Crippen molar-refractivity contribution >= 4 is 38.9 Å². The van der Waals surface area contributed by atoms with E-state index in [0.717, 1.165) is 11.1 Å². The number of fused-ring (bicyclic) bond motifs is 2. The van der Waals surface area contributed by atoms with Gasteiger partial charge in [-0.3, -0.25) is 18.8 Å². The third-order valence-electron chi connectivity index (χ3n) is 5.91. The minimum atomic E-state index is -3.97. The van der Waals surface area contributed by atoms with Crippen molar-refractivity contribution in [2.75, 3.05) is 27.6 Å². The molecule has 3 aromatic carbocycles. The number of carbonyl (C=O) groups excluding carboxylic acids is 2. The van der Waals surface area contributed by atoms with E-state index in [-0.39, 0.29) is 23.9 Å². The van der Waals surface area contributed by atoms with Crippen LogP contribution in [0.25, 0.3) is 0 Å². The fourth-order valence-corrected chi connectivity index (χ4v) is 5.63. The summed E-state index contributed by atoms with van der Waals surface area (Å²) in [7, 11) is -3.97. The van der Waals surface area contributed by atoms with Crippen molar-refractivity contribution in [1.82, 2.24) is 0 Å². The second kappa shape index (κ2) is 8.18. The zero-order chi connectivity index (χ0) is 24.0. The standard InChI is InChI=1S/C25H23N3O5S/c1-16-7-10-18(11-8-16)34(31,32)28-14-23(33-22-13-17(2)9-12-21(22)28)25(30)27-15-24(29)26-19-5-3-4-6-20(19)27/h3-13,23H,14-15H2,1-2H3,(H,26,29). The van der Waals surface area contributed by atoms with Crippen LogP contribution >= 0.6 is 0 Å². The van der Waals surface area contributed by atoms with Gasteiger partial charge in [-0.2, -0.15) is 0 Å². The van der Waals surface area contributed by atoms with Crippen molar-refractivity contribution in [1.29, 1.82) is 0 Å². The Hall–Kier alpha value is -3.85. The van der Waals surface area contributed by atoms with Crippen LogP contribution in [0.3, 0.4) is 0 Å². The quantitative estimate of drug-likeness (QED) is 0.625. The van der Waals surface area contributed by atoms with E-state index in [1.807, 2.05) is 13.8 Å². The summed E-state index contributed by atoms with van der Waals surface area (Å²) in [5, 5.41) is 2.75. The van der Waals surface area contributed by atoms with Gasteiger partial charge in [0.05, 0.1) is 28.5 Å². The Labute approximate surface area is 197 Å². The van der Waals surface area contributed by atoms with E-state index < -0.39 is 22.0 Å². The van der Waals surface area contributed by atoms with Crippen molar-refractivity contribution < 1.29 is 22.7 Å². The molecule has 1 atom stereocenters. The highest BCUT2D eigenvalue weighted by molar-refractivity contribution is 7.92. The van der Waals surface area contributed by atoms with E-state index in [0.29, 0.717) is 22.8 Å². The van der Waals surface area contributed by atoms with Gasteiger partial charge >= 0.3 is 0 Å². The Kier molecular flexibility index (Phi) is 5.28. The lowest BCUT2D eigenvalue weighted by atomic mass is 10.1. The molecular weight excluding hydrogens is 454 g/mol. The molecular formula is C25H23N3O5S. The fraction of sp³-hybridized carbons (Fsp3) is 0.200. The number of anilines is 3. The lowest BCUT2D eigenvalue weighted by Gasteiger charge is -2.38. The largest absolute Gasteiger partial charge is 0.476 e. The van der Waals surface area contributed by atoms with Crippen LogP contribution < -0.4 is 19.3 Å². The van der Waals surface area contributed by atoms with Crippen LogP contribution in [0.2, 0.25) is 0 Å². The molecule has 0 aliphatic carbocycles. The summed E-state index contributed by atoms with van der Waals surface area (Å²) in [6.45, 7) is 3.34. The second-order valence-electron chi connectivity index (χ2n) is 8.42. The lowest BCUT2D eigenvalue weighted by Crippen LogP contribution is -2.54. The average Bonchev–Trinajstić information content (AvgIpc) is 2.82. The Bertz CT molecular complexity index is 1400. The zero-order valence-electron chi connectivity index (χ0n) is 18.7. The highest BCUT2D eigenvalue weighted by atomic mass is 32.2. The highest BCUT2D eigenvalue weighted by Gasteiger charge is 2.41. The number of para-hydroxylation sites is 2. The number of ether oxygens (including phenoxy) is 1. The topological polar surface area (TPSA) is 96.0 Å². The van der Waals surface area contributed by atoms with Gasteiger partial charge in [0.25, 0.3) is 15.9 Å². The number of hydrogen-bond acceptors (Lipinski definition) is 5. The minimum Gasteiger partial charge on any atom is -0.476 e. The molecule has 3 aromatic rings. The Morgan fingerprint density at radius 3 is 2.44 bits per heavy atom. The molecule has 1 N–H and O–H groups in total. The van der Waals surface area contributed by atoms with Crippen LogP contribution in [0.4, 0.5) is 17.1 Å². The van der Waals surface area contributed by atoms with Crippen LogP contribution in [0.15, 0.2) is 71.6 Å². The number of benzene rings is 3. The van der Waals surface area contributed by atoms with Crippen molar-refractivity contribution in [3.63, 3.8) is 0 Å². The molecule has 0 aromatic heterocycles. The van der Waals surface area contributed by atoms with Crippen LogP contribution in [-0.4, -0.2) is 39.4 Å². The molecule has 5 rings (SSSR count). The summed E-state index contributed by atoms with van der Waals surface area (Å²) in [6.07, 6.45) is -1.13. The van der Waals surface area contributed by atoms with Gasteiger partial charge in [0, 0.05) is 0 Å². The van der Waals surface area contributed by atoms with Gasteiger partial charge in [0.15, 0.2) is 6.10 Å². The predicted octanol–water partition coefficient (Wildman–Crippen LogP) is 3.25. The molecule has 8 nitrogen and oxygen atoms in total. The Morgan fingerprint density at radius 2 is 1.68 bits per heavy atom. The predicted molar refractivity (Wildman–Crippen MR) is 129 cm³/mol. The molecule has 0 spiro atoms. The molecule has 0 radical (unpaired) electrons. The third-order valence-corrected chi connectivity index (χ3v) is 7.70. The first kappa shape index (κ1) is 22.0. The molecule has 0 saturated heterocycles. The van der Waals surface area contributed by atoms with Gasteiger partial charge in [-0.1, -0.05) is 35.9 Å². The molecule has 0 saturated carbocycles. The number of nitrogens with zero attached hydrogens (tertiary/aromatic N) is 2. The van der Waals surface area contributed by atoms with Gasteiger partial charge in [0.2, 0.25) is 5.91 Å². The van der Waals surface area contributed by atoms with Gasteiger partial charge in [-0.15, -0.1) is 0 Å². The molecule has 1 unspecified atom stereocenters. The first-order valence-electron chi connectivity index (χ1n) is 10.8. The Balaban J connectivity index is 1.55. The maximum Gasteiger partial charge on any atom is 0.270 e. The molecule has 174 valence electrons. The van der Waals surface area contributed by atoms with Crippen molar-refractivity contribution in [2.45, 2.75) is 24.8 Å². The number of nitrogens with one attached hydrogen (secondary N) is 1. The first-order chi connectivity index (χ1) is 16.2. The third kappa shape index (κ3) is 3.77. The molecule has 2 heterocycles. The van der Waals surface area contributed by atoms with Gasteiger partial charge in [-0.05, 0) is 55.8 Å². The lowest BCUT2D eigenvalue weighted by molar-refractivity contribution is -0.127. The van der Waals surface area contributed by atoms with E-state index in [1.54, 1.807) is 66.7 Å². The molecule has 0 bridgehead atoms. The molecule has 2 aliphatic rings. The zero-order valence-corrected chi connectivity index (χ0v) is 19.5. The molecule has 9 heteroatoms. The summed E-state index contributed by atoms with van der Waals surface area (Å²) in [4.78, 5) is 27.3. The molecule has 34 heavy (non-hydrogen) atoms. The maximum absolute atomic E-state index is 13.6. The maximum atomic E-state index is 13.6. The summed E-state index contributed by atoms with van der Waals surface area (Å²) in [5.41, 5.74) is 3.23.